The molecule has 3 N–H and O–H groups in total. The van der Waals surface area contributed by atoms with Crippen LogP contribution in [0.1, 0.15) is 65.8 Å². The second-order valence-electron chi connectivity index (χ2n) is 9.60. The van der Waals surface area contributed by atoms with Gasteiger partial charge in [0.15, 0.2) is 0 Å². The van der Waals surface area contributed by atoms with E-state index in [1.807, 2.05) is 19.9 Å². The highest BCUT2D eigenvalue weighted by atomic mass is 16.4. The van der Waals surface area contributed by atoms with Gasteiger partial charge in [-0.25, -0.2) is 4.79 Å². The zero-order chi connectivity index (χ0) is 26.9. The molecule has 1 aliphatic heterocycles. The van der Waals surface area contributed by atoms with E-state index in [-0.39, 0.29) is 43.0 Å². The second-order valence-corrected chi connectivity index (χ2v) is 9.60. The van der Waals surface area contributed by atoms with Gasteiger partial charge in [0.25, 0.3) is 11.8 Å². The van der Waals surface area contributed by atoms with Crippen molar-refractivity contribution in [2.45, 2.75) is 58.0 Å². The lowest BCUT2D eigenvalue weighted by Crippen LogP contribution is -2.52. The third-order valence-electron chi connectivity index (χ3n) is 6.17. The van der Waals surface area contributed by atoms with Gasteiger partial charge in [-0.15, -0.1) is 0 Å². The molecule has 0 aromatic heterocycles. The minimum absolute atomic E-state index is 0.0854. The Morgan fingerprint density at radius 3 is 2.00 bits per heavy atom. The van der Waals surface area contributed by atoms with Crippen molar-refractivity contribution >= 4 is 29.6 Å². The first-order valence-corrected chi connectivity index (χ1v) is 12.5. The van der Waals surface area contributed by atoms with E-state index in [2.05, 4.69) is 10.6 Å². The minimum atomic E-state index is -1.15. The van der Waals surface area contributed by atoms with Crippen molar-refractivity contribution in [2.75, 3.05) is 6.54 Å². The number of benzene rings is 2. The van der Waals surface area contributed by atoms with Crippen molar-refractivity contribution in [1.29, 1.82) is 0 Å². The van der Waals surface area contributed by atoms with E-state index in [0.717, 1.165) is 5.56 Å². The molecule has 1 aliphatic rings. The van der Waals surface area contributed by atoms with Gasteiger partial charge in [-0.2, -0.15) is 0 Å². The number of aliphatic carboxylic acids is 1. The average molecular weight is 508 g/mol. The van der Waals surface area contributed by atoms with E-state index in [0.29, 0.717) is 30.4 Å². The number of unbranched alkanes of at least 4 members (excludes halogenated alkanes) is 1. The molecule has 0 saturated heterocycles. The summed E-state index contributed by atoms with van der Waals surface area (Å²) in [6, 6.07) is 13.7. The van der Waals surface area contributed by atoms with Crippen LogP contribution in [0.25, 0.3) is 0 Å². The van der Waals surface area contributed by atoms with Crippen molar-refractivity contribution in [3.05, 3.63) is 71.3 Å². The number of amides is 4. The van der Waals surface area contributed by atoms with Gasteiger partial charge in [0.05, 0.1) is 11.1 Å². The number of hydrogen-bond acceptors (Lipinski definition) is 5. The Kier molecular flexibility index (Phi) is 9.54. The molecular weight excluding hydrogens is 474 g/mol. The molecule has 9 heteroatoms. The predicted octanol–water partition coefficient (Wildman–Crippen LogP) is 2.80. The maximum Gasteiger partial charge on any atom is 0.326 e. The van der Waals surface area contributed by atoms with E-state index < -0.39 is 24.0 Å². The van der Waals surface area contributed by atoms with E-state index in [4.69, 9.17) is 0 Å². The first-order valence-electron chi connectivity index (χ1n) is 12.5. The monoisotopic (exact) mass is 507 g/mol. The number of carbonyl (C=O) groups is 5. The molecule has 4 amide bonds. The number of imide groups is 1. The zero-order valence-corrected chi connectivity index (χ0v) is 21.1. The number of fused-ring (bicyclic) bond motifs is 1. The summed E-state index contributed by atoms with van der Waals surface area (Å²) >= 11 is 0. The van der Waals surface area contributed by atoms with Gasteiger partial charge >= 0.3 is 5.97 Å². The molecule has 37 heavy (non-hydrogen) atoms. The molecule has 2 aromatic rings. The number of nitrogens with zero attached hydrogens (tertiary/aromatic N) is 1. The van der Waals surface area contributed by atoms with Crippen LogP contribution in [-0.4, -0.2) is 58.2 Å². The van der Waals surface area contributed by atoms with Crippen LogP contribution >= 0.6 is 0 Å². The van der Waals surface area contributed by atoms with Gasteiger partial charge in [-0.3, -0.25) is 24.1 Å². The van der Waals surface area contributed by atoms with Crippen LogP contribution in [0.15, 0.2) is 54.6 Å². The molecule has 0 spiro atoms. The molecule has 3 rings (SSSR count). The number of carbonyl (C=O) groups excluding carboxylic acids is 4. The SMILES string of the molecule is CC(C)C[C@H](NC(=O)CCCCN1C(=O)c2ccccc2C1=O)C(=O)N[C@@H](Cc1ccccc1)C(=O)O. The van der Waals surface area contributed by atoms with E-state index in [9.17, 15) is 29.1 Å². The smallest absolute Gasteiger partial charge is 0.326 e. The zero-order valence-electron chi connectivity index (χ0n) is 21.1. The van der Waals surface area contributed by atoms with Crippen LogP contribution in [0.5, 0.6) is 0 Å². The molecule has 0 saturated carbocycles. The summed E-state index contributed by atoms with van der Waals surface area (Å²) in [6.07, 6.45) is 1.45. The van der Waals surface area contributed by atoms with Gasteiger partial charge in [0, 0.05) is 19.4 Å². The third kappa shape index (κ3) is 7.49. The molecule has 2 atom stereocenters. The Balaban J connectivity index is 1.50. The highest BCUT2D eigenvalue weighted by Crippen LogP contribution is 2.22. The van der Waals surface area contributed by atoms with E-state index in [1.54, 1.807) is 48.5 Å². The molecule has 0 radical (unpaired) electrons. The molecule has 196 valence electrons. The molecule has 1 heterocycles. The molecule has 2 aromatic carbocycles. The summed E-state index contributed by atoms with van der Waals surface area (Å²) < 4.78 is 0. The van der Waals surface area contributed by atoms with Gasteiger partial charge in [-0.05, 0) is 42.9 Å². The summed E-state index contributed by atoms with van der Waals surface area (Å²) in [4.78, 5) is 63.4. The lowest BCUT2D eigenvalue weighted by atomic mass is 10.0. The third-order valence-corrected chi connectivity index (χ3v) is 6.17. The van der Waals surface area contributed by atoms with Crippen LogP contribution in [0.4, 0.5) is 0 Å². The van der Waals surface area contributed by atoms with Crippen molar-refractivity contribution in [3.63, 3.8) is 0 Å². The van der Waals surface area contributed by atoms with Crippen molar-refractivity contribution in [1.82, 2.24) is 15.5 Å². The summed E-state index contributed by atoms with van der Waals surface area (Å²) in [6.45, 7) is 4.02. The molecule has 9 nitrogen and oxygen atoms in total. The minimum Gasteiger partial charge on any atom is -0.480 e. The normalized spacial score (nSPS) is 14.3. The van der Waals surface area contributed by atoms with Gasteiger partial charge in [0.1, 0.15) is 12.1 Å². The number of carboxylic acid groups (broad SMARTS) is 1. The van der Waals surface area contributed by atoms with Gasteiger partial charge in [-0.1, -0.05) is 56.3 Å². The number of carboxylic acids is 1. The molecule has 0 fully saturated rings. The Morgan fingerprint density at radius 2 is 1.43 bits per heavy atom. The molecular formula is C28H33N3O6. The highest BCUT2D eigenvalue weighted by Gasteiger charge is 2.34. The molecule has 0 bridgehead atoms. The van der Waals surface area contributed by atoms with Crippen LogP contribution < -0.4 is 10.6 Å². The standard InChI is InChI=1S/C28H33N3O6/c1-18(2)16-22(25(33)30-23(28(36)37)17-19-10-4-3-5-11-19)29-24(32)14-8-9-15-31-26(34)20-12-6-7-13-21(20)27(31)35/h3-7,10-13,18,22-23H,8-9,14-17H2,1-2H3,(H,29,32)(H,30,33)(H,36,37)/t22-,23-/m0/s1. The Bertz CT molecular complexity index is 1110. The van der Waals surface area contributed by atoms with E-state index in [1.165, 1.54) is 4.90 Å². The first-order chi connectivity index (χ1) is 17.7. The first kappa shape index (κ1) is 27.6. The number of hydrogen-bond donors (Lipinski definition) is 3. The number of nitrogens with one attached hydrogen (secondary N) is 2. The van der Waals surface area contributed by atoms with Crippen molar-refractivity contribution in [3.8, 4) is 0 Å². The van der Waals surface area contributed by atoms with Crippen molar-refractivity contribution in [2.24, 2.45) is 5.92 Å². The summed E-state index contributed by atoms with van der Waals surface area (Å²) in [7, 11) is 0. The summed E-state index contributed by atoms with van der Waals surface area (Å²) in [5.41, 5.74) is 1.55. The van der Waals surface area contributed by atoms with Gasteiger partial charge in [0.2, 0.25) is 11.8 Å². The average Bonchev–Trinajstić information content (AvgIpc) is 3.11. The fourth-order valence-electron chi connectivity index (χ4n) is 4.29. The van der Waals surface area contributed by atoms with Crippen LogP contribution in [-0.2, 0) is 20.8 Å². The highest BCUT2D eigenvalue weighted by molar-refractivity contribution is 6.21. The Morgan fingerprint density at radius 1 is 0.838 bits per heavy atom. The topological polar surface area (TPSA) is 133 Å². The van der Waals surface area contributed by atoms with Crippen LogP contribution in [0.3, 0.4) is 0 Å². The lowest BCUT2D eigenvalue weighted by molar-refractivity contribution is -0.142. The maximum atomic E-state index is 12.9. The van der Waals surface area contributed by atoms with Crippen LogP contribution in [0, 0.1) is 5.92 Å². The number of rotatable bonds is 13. The maximum absolute atomic E-state index is 12.9. The fourth-order valence-corrected chi connectivity index (χ4v) is 4.29. The molecule has 0 unspecified atom stereocenters. The summed E-state index contributed by atoms with van der Waals surface area (Å²) in [5.74, 6) is -2.62. The van der Waals surface area contributed by atoms with E-state index >= 15 is 0 Å². The second kappa shape index (κ2) is 12.8. The predicted molar refractivity (Wildman–Crippen MR) is 137 cm³/mol. The summed E-state index contributed by atoms with van der Waals surface area (Å²) in [5, 5.41) is 14.9. The molecule has 0 aliphatic carbocycles. The van der Waals surface area contributed by atoms with Gasteiger partial charge < -0.3 is 15.7 Å². The largest absolute Gasteiger partial charge is 0.480 e. The Labute approximate surface area is 216 Å². The van der Waals surface area contributed by atoms with Crippen LogP contribution in [0.2, 0.25) is 0 Å². The quantitative estimate of drug-likeness (QED) is 0.282. The lowest BCUT2D eigenvalue weighted by Gasteiger charge is -2.23. The Hall–Kier alpha value is -4.01. The fraction of sp³-hybridized carbons (Fsp3) is 0.393. The van der Waals surface area contributed by atoms with Crippen molar-refractivity contribution < 1.29 is 29.1 Å².